The number of amides is 1. The molecule has 0 aromatic carbocycles. The van der Waals surface area contributed by atoms with E-state index < -0.39 is 6.41 Å². The molecule has 1 aliphatic carbocycles. The number of piperidine rings is 1. The summed E-state index contributed by atoms with van der Waals surface area (Å²) < 4.78 is 10.4. The summed E-state index contributed by atoms with van der Waals surface area (Å²) in [6.07, 6.45) is 1.95. The van der Waals surface area contributed by atoms with E-state index in [1.165, 1.54) is 6.42 Å². The van der Waals surface area contributed by atoms with Gasteiger partial charge in [0.1, 0.15) is 0 Å². The SMILES string of the molecule is CC(C)[C@H](NC1OCO1)C(=O)N1[C@H](C)C[C@H]2C[C@H]21. The Morgan fingerprint density at radius 2 is 2.06 bits per heavy atom. The van der Waals surface area contributed by atoms with Gasteiger partial charge in [0.25, 0.3) is 0 Å². The van der Waals surface area contributed by atoms with Crippen LogP contribution in [0.15, 0.2) is 0 Å². The molecule has 1 amide bonds. The highest BCUT2D eigenvalue weighted by molar-refractivity contribution is 5.83. The third-order valence-electron chi connectivity index (χ3n) is 4.30. The van der Waals surface area contributed by atoms with Crippen LogP contribution >= 0.6 is 0 Å². The Kier molecular flexibility index (Phi) is 3.08. The van der Waals surface area contributed by atoms with Crippen molar-refractivity contribution in [1.29, 1.82) is 0 Å². The van der Waals surface area contributed by atoms with Crippen molar-refractivity contribution in [3.8, 4) is 0 Å². The minimum Gasteiger partial charge on any atom is -0.335 e. The van der Waals surface area contributed by atoms with Crippen molar-refractivity contribution < 1.29 is 14.3 Å². The molecule has 102 valence electrons. The van der Waals surface area contributed by atoms with E-state index in [0.29, 0.717) is 18.9 Å². The molecule has 0 aromatic rings. The van der Waals surface area contributed by atoms with Gasteiger partial charge in [-0.25, -0.2) is 0 Å². The largest absolute Gasteiger partial charge is 0.335 e. The second-order valence-electron chi connectivity index (χ2n) is 6.06. The number of carbonyl (C=O) groups excluding carboxylic acids is 1. The smallest absolute Gasteiger partial charge is 0.240 e. The van der Waals surface area contributed by atoms with Gasteiger partial charge in [-0.15, -0.1) is 0 Å². The van der Waals surface area contributed by atoms with Gasteiger partial charge in [-0.1, -0.05) is 13.8 Å². The Balaban J connectivity index is 1.67. The summed E-state index contributed by atoms with van der Waals surface area (Å²) in [5.74, 6) is 1.20. The first-order chi connectivity index (χ1) is 8.58. The lowest BCUT2D eigenvalue weighted by atomic mass is 10.0. The van der Waals surface area contributed by atoms with E-state index in [9.17, 15) is 4.79 Å². The second kappa shape index (κ2) is 4.47. The molecule has 3 fully saturated rings. The predicted molar refractivity (Wildman–Crippen MR) is 65.4 cm³/mol. The first kappa shape index (κ1) is 12.4. The highest BCUT2D eigenvalue weighted by atomic mass is 16.9. The summed E-state index contributed by atoms with van der Waals surface area (Å²) in [6, 6.07) is 0.670. The highest BCUT2D eigenvalue weighted by Gasteiger charge is 2.53. The molecule has 3 aliphatic rings. The molecule has 4 atom stereocenters. The molecular formula is C13H22N2O3. The number of nitrogens with one attached hydrogen (secondary N) is 1. The van der Waals surface area contributed by atoms with Crippen molar-refractivity contribution in [2.24, 2.45) is 11.8 Å². The minimum absolute atomic E-state index is 0.210. The van der Waals surface area contributed by atoms with E-state index >= 15 is 0 Å². The van der Waals surface area contributed by atoms with Gasteiger partial charge in [-0.3, -0.25) is 10.1 Å². The Morgan fingerprint density at radius 1 is 1.33 bits per heavy atom. The molecule has 3 rings (SSSR count). The van der Waals surface area contributed by atoms with Crippen LogP contribution in [0.2, 0.25) is 0 Å². The number of fused-ring (bicyclic) bond motifs is 1. The number of rotatable bonds is 4. The Labute approximate surface area is 108 Å². The first-order valence-corrected chi connectivity index (χ1v) is 6.89. The van der Waals surface area contributed by atoms with Gasteiger partial charge < -0.3 is 14.4 Å². The first-order valence-electron chi connectivity index (χ1n) is 6.89. The zero-order valence-electron chi connectivity index (χ0n) is 11.3. The Hall–Kier alpha value is -0.650. The third kappa shape index (κ3) is 2.04. The van der Waals surface area contributed by atoms with Crippen molar-refractivity contribution in [3.05, 3.63) is 0 Å². The number of hydrogen-bond donors (Lipinski definition) is 1. The van der Waals surface area contributed by atoms with Crippen LogP contribution in [-0.4, -0.2) is 42.1 Å². The fraction of sp³-hybridized carbons (Fsp3) is 0.923. The normalized spacial score (nSPS) is 36.4. The van der Waals surface area contributed by atoms with E-state index in [2.05, 4.69) is 31.0 Å². The highest BCUT2D eigenvalue weighted by Crippen LogP contribution is 2.48. The molecule has 0 aromatic heterocycles. The van der Waals surface area contributed by atoms with E-state index in [4.69, 9.17) is 9.47 Å². The van der Waals surface area contributed by atoms with Gasteiger partial charge in [-0.2, -0.15) is 0 Å². The molecule has 0 spiro atoms. The molecule has 2 heterocycles. The number of carbonyl (C=O) groups is 1. The van der Waals surface area contributed by atoms with Crippen LogP contribution in [0.3, 0.4) is 0 Å². The van der Waals surface area contributed by atoms with Crippen LogP contribution in [-0.2, 0) is 14.3 Å². The zero-order chi connectivity index (χ0) is 12.9. The molecule has 1 N–H and O–H groups in total. The Bertz CT molecular complexity index is 341. The van der Waals surface area contributed by atoms with Crippen LogP contribution in [0.25, 0.3) is 0 Å². The van der Waals surface area contributed by atoms with Crippen LogP contribution in [0, 0.1) is 11.8 Å². The van der Waals surface area contributed by atoms with Crippen molar-refractivity contribution >= 4 is 5.91 Å². The summed E-state index contributed by atoms with van der Waals surface area (Å²) in [7, 11) is 0. The fourth-order valence-corrected chi connectivity index (χ4v) is 3.17. The summed E-state index contributed by atoms with van der Waals surface area (Å²) in [4.78, 5) is 14.7. The minimum atomic E-state index is -0.408. The van der Waals surface area contributed by atoms with Crippen LogP contribution < -0.4 is 5.32 Å². The van der Waals surface area contributed by atoms with E-state index in [1.807, 2.05) is 0 Å². The molecular weight excluding hydrogens is 232 g/mol. The quantitative estimate of drug-likeness (QED) is 0.810. The number of ether oxygens (including phenoxy) is 2. The van der Waals surface area contributed by atoms with Crippen molar-refractivity contribution in [2.75, 3.05) is 6.79 Å². The summed E-state index contributed by atoms with van der Waals surface area (Å²) in [5, 5.41) is 3.15. The molecule has 18 heavy (non-hydrogen) atoms. The molecule has 0 bridgehead atoms. The lowest BCUT2D eigenvalue weighted by Gasteiger charge is -2.36. The van der Waals surface area contributed by atoms with E-state index in [1.54, 1.807) is 0 Å². The third-order valence-corrected chi connectivity index (χ3v) is 4.30. The molecule has 1 saturated carbocycles. The summed E-state index contributed by atoms with van der Waals surface area (Å²) in [6.45, 7) is 6.58. The van der Waals surface area contributed by atoms with E-state index in [0.717, 1.165) is 12.3 Å². The number of likely N-dealkylation sites (tertiary alicyclic amines) is 1. The molecule has 2 saturated heterocycles. The Morgan fingerprint density at radius 3 is 2.50 bits per heavy atom. The van der Waals surface area contributed by atoms with Crippen molar-refractivity contribution in [1.82, 2.24) is 10.2 Å². The number of nitrogens with zero attached hydrogens (tertiary/aromatic N) is 1. The predicted octanol–water partition coefficient (Wildman–Crippen LogP) is 0.898. The van der Waals surface area contributed by atoms with Gasteiger partial charge in [0.15, 0.2) is 6.79 Å². The lowest BCUT2D eigenvalue weighted by molar-refractivity contribution is -0.335. The van der Waals surface area contributed by atoms with Crippen molar-refractivity contribution in [2.45, 2.75) is 58.2 Å². The van der Waals surface area contributed by atoms with Crippen LogP contribution in [0.5, 0.6) is 0 Å². The maximum Gasteiger partial charge on any atom is 0.240 e. The average Bonchev–Trinajstić information content (AvgIpc) is 2.88. The zero-order valence-corrected chi connectivity index (χ0v) is 11.3. The molecule has 5 nitrogen and oxygen atoms in total. The van der Waals surface area contributed by atoms with Crippen LogP contribution in [0.1, 0.15) is 33.6 Å². The van der Waals surface area contributed by atoms with Gasteiger partial charge >= 0.3 is 0 Å². The molecule has 2 aliphatic heterocycles. The lowest BCUT2D eigenvalue weighted by Crippen LogP contribution is -2.57. The second-order valence-corrected chi connectivity index (χ2v) is 6.06. The topological polar surface area (TPSA) is 50.8 Å². The fourth-order valence-electron chi connectivity index (χ4n) is 3.17. The molecule has 0 unspecified atom stereocenters. The summed E-state index contributed by atoms with van der Waals surface area (Å²) >= 11 is 0. The van der Waals surface area contributed by atoms with Gasteiger partial charge in [0.05, 0.1) is 6.04 Å². The average molecular weight is 254 g/mol. The van der Waals surface area contributed by atoms with Gasteiger partial charge in [-0.05, 0) is 31.6 Å². The molecule has 5 heteroatoms. The number of hydrogen-bond acceptors (Lipinski definition) is 4. The van der Waals surface area contributed by atoms with Crippen LogP contribution in [0.4, 0.5) is 0 Å². The van der Waals surface area contributed by atoms with Crippen molar-refractivity contribution in [3.63, 3.8) is 0 Å². The molecule has 0 radical (unpaired) electrons. The van der Waals surface area contributed by atoms with E-state index in [-0.39, 0.29) is 17.9 Å². The van der Waals surface area contributed by atoms with Gasteiger partial charge in [0, 0.05) is 12.1 Å². The maximum absolute atomic E-state index is 12.7. The standard InChI is InChI=1S/C13H22N2O3/c1-7(2)11(14-13-17-6-18-13)12(16)15-8(3)4-9-5-10(9)15/h7-11,13-14H,4-6H2,1-3H3/t8-,9+,10-,11+/m1/s1. The summed E-state index contributed by atoms with van der Waals surface area (Å²) in [5.41, 5.74) is 0. The monoisotopic (exact) mass is 254 g/mol. The van der Waals surface area contributed by atoms with Gasteiger partial charge in [0.2, 0.25) is 12.3 Å². The maximum atomic E-state index is 12.7.